The van der Waals surface area contributed by atoms with Gasteiger partial charge in [-0.1, -0.05) is 23.7 Å². The van der Waals surface area contributed by atoms with E-state index in [2.05, 4.69) is 5.10 Å². The maximum atomic E-state index is 6.31. The van der Waals surface area contributed by atoms with E-state index in [-0.39, 0.29) is 0 Å². The number of aromatic nitrogens is 2. The number of rotatable bonds is 6. The largest absolute Gasteiger partial charge is 0.497 e. The summed E-state index contributed by atoms with van der Waals surface area (Å²) >= 11 is 6.31. The lowest BCUT2D eigenvalue weighted by atomic mass is 10.2. The number of hydrogen-bond donors (Lipinski definition) is 1. The van der Waals surface area contributed by atoms with Crippen LogP contribution < -0.4 is 10.5 Å². The molecule has 0 saturated carbocycles. The van der Waals surface area contributed by atoms with Crippen LogP contribution >= 0.6 is 11.6 Å². The molecular formula is C14H18ClN3O. The van der Waals surface area contributed by atoms with Crippen molar-refractivity contribution in [3.63, 3.8) is 0 Å². The molecule has 0 saturated heterocycles. The molecule has 0 unspecified atom stereocenters. The van der Waals surface area contributed by atoms with Crippen molar-refractivity contribution in [2.24, 2.45) is 5.73 Å². The summed E-state index contributed by atoms with van der Waals surface area (Å²) in [5, 5.41) is 5.01. The van der Waals surface area contributed by atoms with Crippen LogP contribution in [0, 0.1) is 0 Å². The summed E-state index contributed by atoms with van der Waals surface area (Å²) in [6, 6.07) is 7.89. The molecule has 0 aliphatic rings. The molecule has 1 heterocycles. The van der Waals surface area contributed by atoms with E-state index < -0.39 is 0 Å². The minimum Gasteiger partial charge on any atom is -0.497 e. The molecule has 4 nitrogen and oxygen atoms in total. The van der Waals surface area contributed by atoms with Gasteiger partial charge in [0.05, 0.1) is 19.9 Å². The van der Waals surface area contributed by atoms with Crippen LogP contribution in [0.4, 0.5) is 0 Å². The third-order valence-electron chi connectivity index (χ3n) is 2.96. The van der Waals surface area contributed by atoms with Gasteiger partial charge in [-0.25, -0.2) is 4.68 Å². The normalized spacial score (nSPS) is 10.7. The number of methoxy groups -OCH3 is 1. The molecule has 2 N–H and O–H groups in total. The predicted octanol–water partition coefficient (Wildman–Crippen LogP) is 2.48. The van der Waals surface area contributed by atoms with E-state index in [1.807, 2.05) is 30.5 Å². The topological polar surface area (TPSA) is 53.1 Å². The highest BCUT2D eigenvalue weighted by atomic mass is 35.5. The van der Waals surface area contributed by atoms with Gasteiger partial charge in [0.2, 0.25) is 0 Å². The van der Waals surface area contributed by atoms with E-state index >= 15 is 0 Å². The molecule has 0 amide bonds. The Hall–Kier alpha value is -1.52. The first-order valence-corrected chi connectivity index (χ1v) is 6.65. The fourth-order valence-electron chi connectivity index (χ4n) is 1.92. The van der Waals surface area contributed by atoms with Crippen molar-refractivity contribution in [1.29, 1.82) is 0 Å². The quantitative estimate of drug-likeness (QED) is 0.884. The van der Waals surface area contributed by atoms with Crippen LogP contribution in [0.25, 0.3) is 0 Å². The summed E-state index contributed by atoms with van der Waals surface area (Å²) in [6.45, 7) is 1.30. The molecule has 1 aromatic carbocycles. The van der Waals surface area contributed by atoms with Gasteiger partial charge in [-0.2, -0.15) is 5.10 Å². The Labute approximate surface area is 118 Å². The second kappa shape index (κ2) is 6.59. The monoisotopic (exact) mass is 279 g/mol. The molecule has 2 aromatic rings. The Morgan fingerprint density at radius 3 is 3.00 bits per heavy atom. The van der Waals surface area contributed by atoms with Crippen LogP contribution in [-0.2, 0) is 13.0 Å². The highest BCUT2D eigenvalue weighted by molar-refractivity contribution is 6.30. The fourth-order valence-corrected chi connectivity index (χ4v) is 2.17. The third kappa shape index (κ3) is 3.49. The van der Waals surface area contributed by atoms with Crippen LogP contribution in [0.3, 0.4) is 0 Å². The summed E-state index contributed by atoms with van der Waals surface area (Å²) in [4.78, 5) is 0. The van der Waals surface area contributed by atoms with E-state index in [0.717, 1.165) is 29.7 Å². The van der Waals surface area contributed by atoms with E-state index in [1.165, 1.54) is 0 Å². The zero-order valence-electron chi connectivity index (χ0n) is 11.0. The molecule has 19 heavy (non-hydrogen) atoms. The third-order valence-corrected chi connectivity index (χ3v) is 3.40. The number of nitrogens with two attached hydrogens (primary N) is 1. The zero-order valence-corrected chi connectivity index (χ0v) is 11.7. The van der Waals surface area contributed by atoms with E-state index in [9.17, 15) is 0 Å². The van der Waals surface area contributed by atoms with Gasteiger partial charge >= 0.3 is 0 Å². The van der Waals surface area contributed by atoms with Crippen molar-refractivity contribution in [1.82, 2.24) is 9.78 Å². The van der Waals surface area contributed by atoms with Crippen molar-refractivity contribution in [2.45, 2.75) is 19.4 Å². The minimum absolute atomic E-state index is 0.638. The van der Waals surface area contributed by atoms with Gasteiger partial charge in [0, 0.05) is 5.56 Å². The van der Waals surface area contributed by atoms with Crippen molar-refractivity contribution < 1.29 is 4.74 Å². The van der Waals surface area contributed by atoms with Crippen LogP contribution in [0.1, 0.15) is 17.5 Å². The number of halogens is 1. The number of ether oxygens (including phenoxy) is 1. The Morgan fingerprint density at radius 1 is 1.42 bits per heavy atom. The lowest BCUT2D eigenvalue weighted by Crippen LogP contribution is -2.03. The van der Waals surface area contributed by atoms with Crippen molar-refractivity contribution >= 4 is 11.6 Å². The van der Waals surface area contributed by atoms with Gasteiger partial charge in [-0.15, -0.1) is 0 Å². The molecule has 2 rings (SSSR count). The molecule has 1 aromatic heterocycles. The average Bonchev–Trinajstić information content (AvgIpc) is 2.78. The molecule has 0 aliphatic carbocycles. The van der Waals surface area contributed by atoms with Gasteiger partial charge < -0.3 is 10.5 Å². The van der Waals surface area contributed by atoms with Crippen molar-refractivity contribution in [3.05, 3.63) is 46.7 Å². The first-order chi connectivity index (χ1) is 9.24. The van der Waals surface area contributed by atoms with Crippen LogP contribution in [-0.4, -0.2) is 23.4 Å². The summed E-state index contributed by atoms with van der Waals surface area (Å²) < 4.78 is 7.00. The lowest BCUT2D eigenvalue weighted by molar-refractivity contribution is 0.414. The van der Waals surface area contributed by atoms with Gasteiger partial charge in [-0.3, -0.25) is 0 Å². The van der Waals surface area contributed by atoms with Gasteiger partial charge in [-0.05, 0) is 37.1 Å². The average molecular weight is 280 g/mol. The van der Waals surface area contributed by atoms with Gasteiger partial charge in [0.15, 0.2) is 0 Å². The first kappa shape index (κ1) is 13.9. The zero-order chi connectivity index (χ0) is 13.7. The maximum Gasteiger partial charge on any atom is 0.130 e. The molecule has 5 heteroatoms. The second-order valence-corrected chi connectivity index (χ2v) is 4.72. The van der Waals surface area contributed by atoms with Crippen molar-refractivity contribution in [3.8, 4) is 5.75 Å². The van der Waals surface area contributed by atoms with Crippen LogP contribution in [0.5, 0.6) is 5.75 Å². The minimum atomic E-state index is 0.638. The first-order valence-electron chi connectivity index (χ1n) is 6.27. The molecule has 0 aliphatic heterocycles. The Balaban J connectivity index is 2.12. The summed E-state index contributed by atoms with van der Waals surface area (Å²) in [5.74, 6) is 0.837. The highest BCUT2D eigenvalue weighted by Crippen LogP contribution is 2.20. The second-order valence-electron chi connectivity index (χ2n) is 4.36. The lowest BCUT2D eigenvalue weighted by Gasteiger charge is -2.06. The summed E-state index contributed by atoms with van der Waals surface area (Å²) in [5.41, 5.74) is 7.66. The van der Waals surface area contributed by atoms with Crippen molar-refractivity contribution in [2.75, 3.05) is 13.7 Å². The number of aryl methyl sites for hydroxylation is 1. The van der Waals surface area contributed by atoms with Crippen LogP contribution in [0.2, 0.25) is 5.15 Å². The number of nitrogens with zero attached hydrogens (tertiary/aromatic N) is 2. The molecule has 0 fully saturated rings. The highest BCUT2D eigenvalue weighted by Gasteiger charge is 2.08. The molecule has 102 valence electrons. The number of hydrogen-bond acceptors (Lipinski definition) is 3. The Morgan fingerprint density at radius 2 is 2.26 bits per heavy atom. The molecule has 0 radical (unpaired) electrons. The predicted molar refractivity (Wildman–Crippen MR) is 76.7 cm³/mol. The molecule has 0 atom stereocenters. The maximum absolute atomic E-state index is 6.31. The van der Waals surface area contributed by atoms with Gasteiger partial charge in [0.1, 0.15) is 10.9 Å². The van der Waals surface area contributed by atoms with Gasteiger partial charge in [0.25, 0.3) is 0 Å². The Kier molecular flexibility index (Phi) is 4.82. The smallest absolute Gasteiger partial charge is 0.130 e. The van der Waals surface area contributed by atoms with E-state index in [4.69, 9.17) is 22.1 Å². The fraction of sp³-hybridized carbons (Fsp3) is 0.357. The molecular weight excluding hydrogens is 262 g/mol. The number of benzene rings is 1. The standard InChI is InChI=1S/C14H18ClN3O/c1-19-13-6-2-4-11(8-13)10-18-14(15)12(9-17-18)5-3-7-16/h2,4,6,8-9H,3,5,7,10,16H2,1H3. The summed E-state index contributed by atoms with van der Waals surface area (Å²) in [7, 11) is 1.66. The molecule has 0 spiro atoms. The van der Waals surface area contributed by atoms with Crippen LogP contribution in [0.15, 0.2) is 30.5 Å². The molecule has 0 bridgehead atoms. The Bertz CT molecular complexity index is 539. The van der Waals surface area contributed by atoms with E-state index in [0.29, 0.717) is 18.2 Å². The summed E-state index contributed by atoms with van der Waals surface area (Å²) in [6.07, 6.45) is 3.61. The SMILES string of the molecule is COc1cccc(Cn2ncc(CCCN)c2Cl)c1. The van der Waals surface area contributed by atoms with E-state index in [1.54, 1.807) is 11.8 Å².